The molecule has 1 atom stereocenters. The molecule has 0 amide bonds. The number of hydrogen-bond acceptors (Lipinski definition) is 6. The summed E-state index contributed by atoms with van der Waals surface area (Å²) in [6.45, 7) is 18.2. The highest BCUT2D eigenvalue weighted by molar-refractivity contribution is 6.30. The zero-order valence-corrected chi connectivity index (χ0v) is 18.5. The van der Waals surface area contributed by atoms with Crippen molar-refractivity contribution in [2.45, 2.75) is 54.0 Å². The van der Waals surface area contributed by atoms with Gasteiger partial charge >= 0.3 is 0 Å². The quantitative estimate of drug-likeness (QED) is 0.670. The van der Waals surface area contributed by atoms with E-state index in [2.05, 4.69) is 42.5 Å². The summed E-state index contributed by atoms with van der Waals surface area (Å²) < 4.78 is 10.9. The van der Waals surface area contributed by atoms with Crippen molar-refractivity contribution in [3.05, 3.63) is 10.7 Å². The molecular formula is C20H35ClN4O2. The number of anilines is 2. The Balaban J connectivity index is 0.000000327. The van der Waals surface area contributed by atoms with Gasteiger partial charge in [-0.25, -0.2) is 4.98 Å². The molecule has 0 unspecified atom stereocenters. The number of hydrogen-bond donors (Lipinski definition) is 0. The van der Waals surface area contributed by atoms with E-state index in [-0.39, 0.29) is 0 Å². The monoisotopic (exact) mass is 398 g/mol. The van der Waals surface area contributed by atoms with Crippen molar-refractivity contribution in [3.8, 4) is 0 Å². The second-order valence-electron chi connectivity index (χ2n) is 8.34. The molecule has 0 aromatic carbocycles. The highest BCUT2D eigenvalue weighted by atomic mass is 35.5. The molecule has 0 bridgehead atoms. The van der Waals surface area contributed by atoms with Gasteiger partial charge in [0.15, 0.2) is 0 Å². The molecule has 6 nitrogen and oxygen atoms in total. The SMILES string of the molecule is CC.CC(C)(C)C.Clc1nc(N2CCOCC2)nc2c1C[C@H]1COCCN21. The standard InChI is InChI=1S/C13H17ClN4O2.C5H12.C2H6/c14-11-10-7-9-8-20-6-3-18(9)12(10)16-13(15-11)17-1-4-19-5-2-17;1-5(2,3)4;1-2/h9H,1-8H2;1-4H3;1-2H3/t9-;;/m0../s1. The molecule has 2 saturated heterocycles. The molecule has 3 aliphatic rings. The topological polar surface area (TPSA) is 50.7 Å². The number of rotatable bonds is 1. The lowest BCUT2D eigenvalue weighted by Crippen LogP contribution is -2.43. The molecule has 27 heavy (non-hydrogen) atoms. The van der Waals surface area contributed by atoms with Crippen LogP contribution in [0, 0.1) is 5.41 Å². The molecule has 2 fully saturated rings. The largest absolute Gasteiger partial charge is 0.378 e. The van der Waals surface area contributed by atoms with Crippen molar-refractivity contribution in [2.24, 2.45) is 5.41 Å². The Hall–Kier alpha value is -1.11. The van der Waals surface area contributed by atoms with Crippen LogP contribution in [0.15, 0.2) is 0 Å². The summed E-state index contributed by atoms with van der Waals surface area (Å²) in [5.41, 5.74) is 1.57. The third-order valence-corrected chi connectivity index (χ3v) is 4.47. The first-order valence-corrected chi connectivity index (χ1v) is 10.4. The Bertz CT molecular complexity index is 594. The molecule has 0 aliphatic carbocycles. The van der Waals surface area contributed by atoms with Crippen molar-refractivity contribution in [2.75, 3.05) is 55.9 Å². The average Bonchev–Trinajstić information content (AvgIpc) is 3.02. The normalized spacial score (nSPS) is 21.4. The maximum atomic E-state index is 6.38. The minimum atomic E-state index is 0.366. The van der Waals surface area contributed by atoms with Crippen LogP contribution in [-0.4, -0.2) is 62.1 Å². The van der Waals surface area contributed by atoms with Gasteiger partial charge in [-0.1, -0.05) is 53.1 Å². The molecule has 0 N–H and O–H groups in total. The first kappa shape index (κ1) is 22.2. The third kappa shape index (κ3) is 6.19. The van der Waals surface area contributed by atoms with Gasteiger partial charge < -0.3 is 19.3 Å². The molecule has 1 aromatic heterocycles. The molecule has 7 heteroatoms. The summed E-state index contributed by atoms with van der Waals surface area (Å²) in [6.07, 6.45) is 0.886. The van der Waals surface area contributed by atoms with Crippen LogP contribution in [0.25, 0.3) is 0 Å². The Labute approximate surface area is 169 Å². The van der Waals surface area contributed by atoms with Gasteiger partial charge in [0.05, 0.1) is 32.5 Å². The summed E-state index contributed by atoms with van der Waals surface area (Å²) in [4.78, 5) is 13.7. The summed E-state index contributed by atoms with van der Waals surface area (Å²) in [5.74, 6) is 1.73. The fourth-order valence-electron chi connectivity index (χ4n) is 3.09. The fraction of sp³-hybridized carbons (Fsp3) is 0.800. The Kier molecular flexibility index (Phi) is 8.13. The van der Waals surface area contributed by atoms with Crippen LogP contribution in [0.4, 0.5) is 11.8 Å². The molecule has 0 spiro atoms. The van der Waals surface area contributed by atoms with E-state index in [1.807, 2.05) is 13.8 Å². The van der Waals surface area contributed by atoms with Crippen LogP contribution in [0.5, 0.6) is 0 Å². The fourth-order valence-corrected chi connectivity index (χ4v) is 3.33. The summed E-state index contributed by atoms with van der Waals surface area (Å²) >= 11 is 6.38. The zero-order valence-electron chi connectivity index (χ0n) is 17.7. The van der Waals surface area contributed by atoms with Gasteiger partial charge in [0.1, 0.15) is 11.0 Å². The van der Waals surface area contributed by atoms with Crippen LogP contribution in [0.3, 0.4) is 0 Å². The summed E-state index contributed by atoms with van der Waals surface area (Å²) in [5, 5.41) is 0.589. The second-order valence-corrected chi connectivity index (χ2v) is 8.70. The van der Waals surface area contributed by atoms with E-state index in [1.165, 1.54) is 0 Å². The van der Waals surface area contributed by atoms with Crippen LogP contribution >= 0.6 is 11.6 Å². The lowest BCUT2D eigenvalue weighted by Gasteiger charge is -2.32. The van der Waals surface area contributed by atoms with Crippen molar-refractivity contribution in [3.63, 3.8) is 0 Å². The third-order valence-electron chi connectivity index (χ3n) is 4.16. The summed E-state index contributed by atoms with van der Waals surface area (Å²) in [7, 11) is 0. The van der Waals surface area contributed by atoms with E-state index in [1.54, 1.807) is 0 Å². The smallest absolute Gasteiger partial charge is 0.228 e. The van der Waals surface area contributed by atoms with E-state index in [0.717, 1.165) is 69.8 Å². The number of aromatic nitrogens is 2. The maximum absolute atomic E-state index is 6.38. The number of morpholine rings is 2. The summed E-state index contributed by atoms with van der Waals surface area (Å²) in [6, 6.07) is 0.366. The van der Waals surface area contributed by atoms with Crippen LogP contribution < -0.4 is 9.80 Å². The van der Waals surface area contributed by atoms with E-state index in [9.17, 15) is 0 Å². The van der Waals surface area contributed by atoms with Gasteiger partial charge in [-0.3, -0.25) is 0 Å². The van der Waals surface area contributed by atoms with Crippen LogP contribution in [-0.2, 0) is 15.9 Å². The molecule has 1 aromatic rings. The van der Waals surface area contributed by atoms with E-state index in [0.29, 0.717) is 16.6 Å². The molecule has 154 valence electrons. The Morgan fingerprint density at radius 2 is 1.56 bits per heavy atom. The molecule has 0 saturated carbocycles. The minimum Gasteiger partial charge on any atom is -0.378 e. The minimum absolute atomic E-state index is 0.366. The van der Waals surface area contributed by atoms with Crippen molar-refractivity contribution >= 4 is 23.4 Å². The lowest BCUT2D eigenvalue weighted by atomic mass is 10.0. The van der Waals surface area contributed by atoms with Gasteiger partial charge in [-0.15, -0.1) is 0 Å². The number of nitrogens with zero attached hydrogens (tertiary/aromatic N) is 4. The lowest BCUT2D eigenvalue weighted by molar-refractivity contribution is 0.0974. The number of ether oxygens (including phenoxy) is 2. The van der Waals surface area contributed by atoms with E-state index < -0.39 is 0 Å². The predicted molar refractivity (Wildman–Crippen MR) is 112 cm³/mol. The maximum Gasteiger partial charge on any atom is 0.228 e. The highest BCUT2D eigenvalue weighted by Gasteiger charge is 2.36. The zero-order chi connectivity index (χ0) is 20.0. The van der Waals surface area contributed by atoms with Crippen molar-refractivity contribution < 1.29 is 9.47 Å². The van der Waals surface area contributed by atoms with Gasteiger partial charge in [0.25, 0.3) is 0 Å². The molecular weight excluding hydrogens is 364 g/mol. The van der Waals surface area contributed by atoms with Crippen molar-refractivity contribution in [1.82, 2.24) is 9.97 Å². The van der Waals surface area contributed by atoms with Crippen LogP contribution in [0.1, 0.15) is 47.1 Å². The van der Waals surface area contributed by atoms with E-state index in [4.69, 9.17) is 26.1 Å². The first-order chi connectivity index (χ1) is 12.8. The molecule has 4 heterocycles. The number of halogens is 1. The van der Waals surface area contributed by atoms with Gasteiger partial charge in [0, 0.05) is 31.6 Å². The molecule has 0 radical (unpaired) electrons. The van der Waals surface area contributed by atoms with Crippen molar-refractivity contribution in [1.29, 1.82) is 0 Å². The predicted octanol–water partition coefficient (Wildman–Crippen LogP) is 3.81. The van der Waals surface area contributed by atoms with Gasteiger partial charge in [-0.2, -0.15) is 4.98 Å². The Morgan fingerprint density at radius 1 is 0.963 bits per heavy atom. The second kappa shape index (κ2) is 9.89. The first-order valence-electron chi connectivity index (χ1n) is 10.1. The Morgan fingerprint density at radius 3 is 2.19 bits per heavy atom. The van der Waals surface area contributed by atoms with Gasteiger partial charge in [0.2, 0.25) is 5.95 Å². The molecule has 4 rings (SSSR count). The number of fused-ring (bicyclic) bond motifs is 3. The average molecular weight is 399 g/mol. The van der Waals surface area contributed by atoms with Crippen LogP contribution in [0.2, 0.25) is 5.15 Å². The highest BCUT2D eigenvalue weighted by Crippen LogP contribution is 2.37. The molecule has 3 aliphatic heterocycles. The van der Waals surface area contributed by atoms with E-state index >= 15 is 0 Å². The van der Waals surface area contributed by atoms with Gasteiger partial charge in [-0.05, 0) is 5.41 Å².